The van der Waals surface area contributed by atoms with Crippen molar-refractivity contribution in [3.63, 3.8) is 0 Å². The molecule has 1 fully saturated rings. The molecule has 0 radical (unpaired) electrons. The maximum absolute atomic E-state index is 12.9. The van der Waals surface area contributed by atoms with Gasteiger partial charge in [-0.1, -0.05) is 56.3 Å². The lowest BCUT2D eigenvalue weighted by molar-refractivity contribution is 0.0624. The Morgan fingerprint density at radius 2 is 1.69 bits per heavy atom. The Hall–Kier alpha value is -2.92. The molecule has 4 rings (SSSR count). The second-order valence-electron chi connectivity index (χ2n) is 7.95. The third-order valence-corrected chi connectivity index (χ3v) is 5.58. The summed E-state index contributed by atoms with van der Waals surface area (Å²) in [5.41, 5.74) is 2.67. The first-order valence-electron chi connectivity index (χ1n) is 10.1. The first-order valence-corrected chi connectivity index (χ1v) is 10.1. The van der Waals surface area contributed by atoms with Crippen LogP contribution in [0.15, 0.2) is 63.8 Å². The van der Waals surface area contributed by atoms with E-state index in [4.69, 9.17) is 4.42 Å². The highest BCUT2D eigenvalue weighted by Crippen LogP contribution is 2.17. The van der Waals surface area contributed by atoms with Crippen molar-refractivity contribution in [1.29, 1.82) is 0 Å². The summed E-state index contributed by atoms with van der Waals surface area (Å²) in [6, 6.07) is 17.7. The minimum Gasteiger partial charge on any atom is -0.422 e. The molecule has 5 nitrogen and oxygen atoms in total. The maximum atomic E-state index is 12.9. The first-order chi connectivity index (χ1) is 14.0. The van der Waals surface area contributed by atoms with E-state index in [2.05, 4.69) is 43.0 Å². The first kappa shape index (κ1) is 19.4. The summed E-state index contributed by atoms with van der Waals surface area (Å²) in [6.45, 7) is 8.05. The van der Waals surface area contributed by atoms with Crippen LogP contribution in [0.4, 0.5) is 0 Å². The molecule has 3 aromatic rings. The van der Waals surface area contributed by atoms with Gasteiger partial charge >= 0.3 is 5.63 Å². The number of benzene rings is 2. The molecule has 1 aliphatic rings. The van der Waals surface area contributed by atoms with Crippen LogP contribution in [0.2, 0.25) is 0 Å². The molecule has 5 heteroatoms. The number of rotatable bonds is 4. The van der Waals surface area contributed by atoms with Gasteiger partial charge in [0.1, 0.15) is 11.1 Å². The van der Waals surface area contributed by atoms with Crippen LogP contribution in [0, 0.1) is 0 Å². The Morgan fingerprint density at radius 1 is 1.00 bits per heavy atom. The van der Waals surface area contributed by atoms with Crippen molar-refractivity contribution in [3.8, 4) is 0 Å². The summed E-state index contributed by atoms with van der Waals surface area (Å²) in [4.78, 5) is 29.2. The number of piperazine rings is 1. The van der Waals surface area contributed by atoms with Crippen molar-refractivity contribution >= 4 is 16.9 Å². The fourth-order valence-corrected chi connectivity index (χ4v) is 3.76. The number of hydrogen-bond acceptors (Lipinski definition) is 4. The number of nitrogens with zero attached hydrogens (tertiary/aromatic N) is 2. The molecule has 0 unspecified atom stereocenters. The molecule has 1 aromatic heterocycles. The predicted octanol–water partition coefficient (Wildman–Crippen LogP) is 3.87. The summed E-state index contributed by atoms with van der Waals surface area (Å²) in [5, 5.41) is 0.763. The Kier molecular flexibility index (Phi) is 5.49. The van der Waals surface area contributed by atoms with Crippen LogP contribution in [0.1, 0.15) is 41.3 Å². The van der Waals surface area contributed by atoms with Gasteiger partial charge in [0.15, 0.2) is 0 Å². The Bertz CT molecular complexity index is 1060. The van der Waals surface area contributed by atoms with Crippen molar-refractivity contribution in [1.82, 2.24) is 9.80 Å². The van der Waals surface area contributed by atoms with Gasteiger partial charge in [-0.2, -0.15) is 0 Å². The number of fused-ring (bicyclic) bond motifs is 1. The average Bonchev–Trinajstić information content (AvgIpc) is 2.74. The summed E-state index contributed by atoms with van der Waals surface area (Å²) in [7, 11) is 0. The van der Waals surface area contributed by atoms with E-state index in [1.807, 2.05) is 18.2 Å². The van der Waals surface area contributed by atoms with Crippen molar-refractivity contribution in [2.75, 3.05) is 26.2 Å². The van der Waals surface area contributed by atoms with E-state index >= 15 is 0 Å². The molecular formula is C24H26N2O3. The smallest absolute Gasteiger partial charge is 0.349 e. The zero-order valence-corrected chi connectivity index (χ0v) is 16.9. The SMILES string of the molecule is CC(C)c1ccc(CN2CCN(C(=O)c3cc4ccccc4oc3=O)CC2)cc1. The number of para-hydroxylation sites is 1. The Labute approximate surface area is 170 Å². The highest BCUT2D eigenvalue weighted by Gasteiger charge is 2.25. The second kappa shape index (κ2) is 8.21. The van der Waals surface area contributed by atoms with Gasteiger partial charge in [-0.3, -0.25) is 9.69 Å². The molecule has 150 valence electrons. The van der Waals surface area contributed by atoms with E-state index in [1.165, 1.54) is 11.1 Å². The number of amides is 1. The normalized spacial score (nSPS) is 15.2. The van der Waals surface area contributed by atoms with Crippen LogP contribution in [0.3, 0.4) is 0 Å². The predicted molar refractivity (Wildman–Crippen MR) is 114 cm³/mol. The van der Waals surface area contributed by atoms with Crippen molar-refractivity contribution in [2.24, 2.45) is 0 Å². The summed E-state index contributed by atoms with van der Waals surface area (Å²) >= 11 is 0. The lowest BCUT2D eigenvalue weighted by Crippen LogP contribution is -2.49. The lowest BCUT2D eigenvalue weighted by atomic mass is 10.0. The van der Waals surface area contributed by atoms with E-state index in [0.717, 1.165) is 25.0 Å². The van der Waals surface area contributed by atoms with Crippen LogP contribution < -0.4 is 5.63 Å². The second-order valence-corrected chi connectivity index (χ2v) is 7.95. The minimum atomic E-state index is -0.568. The molecule has 1 aliphatic heterocycles. The van der Waals surface area contributed by atoms with Gasteiger partial charge in [0.2, 0.25) is 0 Å². The van der Waals surface area contributed by atoms with Crippen LogP contribution in [0.25, 0.3) is 11.0 Å². The van der Waals surface area contributed by atoms with Crippen LogP contribution in [-0.4, -0.2) is 41.9 Å². The van der Waals surface area contributed by atoms with Crippen molar-refractivity contribution in [3.05, 3.63) is 81.7 Å². The molecule has 1 saturated heterocycles. The Balaban J connectivity index is 1.40. The molecule has 29 heavy (non-hydrogen) atoms. The van der Waals surface area contributed by atoms with Gasteiger partial charge in [-0.05, 0) is 29.2 Å². The quantitative estimate of drug-likeness (QED) is 0.635. The standard InChI is InChI=1S/C24H26N2O3/c1-17(2)19-9-7-18(8-10-19)16-25-11-13-26(14-12-25)23(27)21-15-20-5-3-4-6-22(20)29-24(21)28/h3-10,15,17H,11-14,16H2,1-2H3. The summed E-state index contributed by atoms with van der Waals surface area (Å²) in [5.74, 6) is 0.289. The molecule has 1 amide bonds. The zero-order chi connectivity index (χ0) is 20.4. The molecule has 0 atom stereocenters. The number of carbonyl (C=O) groups is 1. The fraction of sp³-hybridized carbons (Fsp3) is 0.333. The zero-order valence-electron chi connectivity index (χ0n) is 16.9. The molecule has 0 N–H and O–H groups in total. The van der Waals surface area contributed by atoms with Crippen LogP contribution in [-0.2, 0) is 6.54 Å². The molecule has 0 spiro atoms. The Morgan fingerprint density at radius 3 is 2.38 bits per heavy atom. The minimum absolute atomic E-state index is 0.112. The lowest BCUT2D eigenvalue weighted by Gasteiger charge is -2.34. The average molecular weight is 390 g/mol. The molecule has 0 saturated carbocycles. The van der Waals surface area contributed by atoms with E-state index in [-0.39, 0.29) is 11.5 Å². The highest BCUT2D eigenvalue weighted by molar-refractivity contribution is 5.96. The van der Waals surface area contributed by atoms with E-state index in [9.17, 15) is 9.59 Å². The third-order valence-electron chi connectivity index (χ3n) is 5.58. The van der Waals surface area contributed by atoms with Crippen molar-refractivity contribution in [2.45, 2.75) is 26.3 Å². The summed E-state index contributed by atoms with van der Waals surface area (Å²) < 4.78 is 5.32. The highest BCUT2D eigenvalue weighted by atomic mass is 16.4. The van der Waals surface area contributed by atoms with Gasteiger partial charge in [0, 0.05) is 38.1 Å². The van der Waals surface area contributed by atoms with Gasteiger partial charge in [0.25, 0.3) is 5.91 Å². The molecule has 0 bridgehead atoms. The fourth-order valence-electron chi connectivity index (χ4n) is 3.76. The molecule has 2 heterocycles. The van der Waals surface area contributed by atoms with Crippen molar-refractivity contribution < 1.29 is 9.21 Å². The number of carbonyl (C=O) groups excluding carboxylic acids is 1. The third kappa shape index (κ3) is 4.25. The van der Waals surface area contributed by atoms with Gasteiger partial charge in [0.05, 0.1) is 0 Å². The molecular weight excluding hydrogens is 364 g/mol. The molecule has 0 aliphatic carbocycles. The van der Waals surface area contributed by atoms with Crippen LogP contribution in [0.5, 0.6) is 0 Å². The van der Waals surface area contributed by atoms with Gasteiger partial charge in [-0.15, -0.1) is 0 Å². The van der Waals surface area contributed by atoms with Gasteiger partial charge in [-0.25, -0.2) is 4.79 Å². The number of hydrogen-bond donors (Lipinski definition) is 0. The topological polar surface area (TPSA) is 53.8 Å². The summed E-state index contributed by atoms with van der Waals surface area (Å²) in [6.07, 6.45) is 0. The van der Waals surface area contributed by atoms with E-state index in [1.54, 1.807) is 17.0 Å². The van der Waals surface area contributed by atoms with Crippen LogP contribution >= 0.6 is 0 Å². The van der Waals surface area contributed by atoms with E-state index in [0.29, 0.717) is 24.6 Å². The van der Waals surface area contributed by atoms with Gasteiger partial charge < -0.3 is 9.32 Å². The molecule has 2 aromatic carbocycles. The van der Waals surface area contributed by atoms with E-state index < -0.39 is 5.63 Å². The maximum Gasteiger partial charge on any atom is 0.349 e. The largest absolute Gasteiger partial charge is 0.422 e. The monoisotopic (exact) mass is 390 g/mol.